The summed E-state index contributed by atoms with van der Waals surface area (Å²) in [7, 11) is -3.22. The number of fused-ring (bicyclic) bond motifs is 1. The van der Waals surface area contributed by atoms with Crippen LogP contribution in [-0.4, -0.2) is 53.4 Å². The number of nitro groups is 1. The number of hydrogen-bond donors (Lipinski definition) is 1. The maximum Gasteiger partial charge on any atom is 0.270 e. The van der Waals surface area contributed by atoms with E-state index in [4.69, 9.17) is 0 Å². The number of nitrogens with one attached hydrogen (secondary N) is 1. The molecule has 0 bridgehead atoms. The maximum absolute atomic E-state index is 11.4. The van der Waals surface area contributed by atoms with Gasteiger partial charge < -0.3 is 0 Å². The van der Waals surface area contributed by atoms with Gasteiger partial charge in [0, 0.05) is 36.7 Å². The lowest BCUT2D eigenvalue weighted by Gasteiger charge is -2.32. The van der Waals surface area contributed by atoms with Gasteiger partial charge in [0.15, 0.2) is 0 Å². The molecule has 1 unspecified atom stereocenters. The van der Waals surface area contributed by atoms with Crippen molar-refractivity contribution < 1.29 is 13.3 Å². The van der Waals surface area contributed by atoms with E-state index in [1.54, 1.807) is 16.9 Å². The van der Waals surface area contributed by atoms with Gasteiger partial charge in [-0.2, -0.15) is 5.10 Å². The quantitative estimate of drug-likeness (QED) is 0.632. The lowest BCUT2D eigenvalue weighted by Crippen LogP contribution is -2.47. The van der Waals surface area contributed by atoms with Crippen molar-refractivity contribution in [3.8, 4) is 0 Å². The maximum atomic E-state index is 11.4. The van der Waals surface area contributed by atoms with Gasteiger partial charge in [-0.15, -0.1) is 0 Å². The number of hydrogen-bond acceptors (Lipinski definition) is 6. The highest BCUT2D eigenvalue weighted by atomic mass is 32.2. The third-order valence-corrected chi connectivity index (χ3v) is 4.82. The molecule has 24 heavy (non-hydrogen) atoms. The molecule has 1 fully saturated rings. The summed E-state index contributed by atoms with van der Waals surface area (Å²) in [6, 6.07) is 4.56. The fraction of sp³-hybridized carbons (Fsp3) is 0.500. The average molecular weight is 353 g/mol. The number of nitrogens with zero attached hydrogens (tertiary/aromatic N) is 4. The van der Waals surface area contributed by atoms with Crippen LogP contribution in [0.1, 0.15) is 12.8 Å². The summed E-state index contributed by atoms with van der Waals surface area (Å²) in [6.07, 6.45) is 4.49. The van der Waals surface area contributed by atoms with E-state index in [-0.39, 0.29) is 11.7 Å². The number of rotatable bonds is 5. The second-order valence-corrected chi connectivity index (χ2v) is 7.87. The Bertz CT molecular complexity index is 863. The van der Waals surface area contributed by atoms with Crippen LogP contribution in [0, 0.1) is 10.1 Å². The third-order valence-electron chi connectivity index (χ3n) is 4.06. The normalized spacial score (nSPS) is 19.6. The zero-order valence-electron chi connectivity index (χ0n) is 13.3. The molecule has 0 aliphatic carbocycles. The first-order valence-corrected chi connectivity index (χ1v) is 9.50. The minimum atomic E-state index is -3.22. The summed E-state index contributed by atoms with van der Waals surface area (Å²) >= 11 is 0. The number of non-ortho nitro benzene ring substituents is 1. The van der Waals surface area contributed by atoms with Crippen molar-refractivity contribution in [2.45, 2.75) is 25.6 Å². The first-order valence-electron chi connectivity index (χ1n) is 7.61. The number of nitro benzene ring substituents is 1. The largest absolute Gasteiger partial charge is 0.283 e. The summed E-state index contributed by atoms with van der Waals surface area (Å²) in [6.45, 7) is 1.99. The van der Waals surface area contributed by atoms with Gasteiger partial charge in [-0.1, -0.05) is 0 Å². The molecule has 1 aromatic heterocycles. The van der Waals surface area contributed by atoms with Gasteiger partial charge in [-0.25, -0.2) is 13.1 Å². The average Bonchev–Trinajstić information content (AvgIpc) is 2.88. The molecular weight excluding hydrogens is 334 g/mol. The molecule has 0 amide bonds. The van der Waals surface area contributed by atoms with E-state index >= 15 is 0 Å². The molecule has 3 rings (SSSR count). The van der Waals surface area contributed by atoms with Gasteiger partial charge in [-0.3, -0.25) is 19.7 Å². The third kappa shape index (κ3) is 3.89. The molecule has 1 N–H and O–H groups in total. The lowest BCUT2D eigenvalue weighted by atomic mass is 10.1. The lowest BCUT2D eigenvalue weighted by molar-refractivity contribution is -0.384. The first kappa shape index (κ1) is 16.8. The van der Waals surface area contributed by atoms with Crippen molar-refractivity contribution in [1.82, 2.24) is 19.4 Å². The van der Waals surface area contributed by atoms with E-state index in [0.29, 0.717) is 18.6 Å². The van der Waals surface area contributed by atoms with Crippen LogP contribution in [-0.2, 0) is 16.7 Å². The monoisotopic (exact) mass is 353 g/mol. The molecule has 2 aromatic rings. The smallest absolute Gasteiger partial charge is 0.270 e. The number of piperidine rings is 1. The van der Waals surface area contributed by atoms with Gasteiger partial charge >= 0.3 is 0 Å². The summed E-state index contributed by atoms with van der Waals surface area (Å²) < 4.78 is 27.2. The van der Waals surface area contributed by atoms with Crippen LogP contribution in [0.2, 0.25) is 0 Å². The van der Waals surface area contributed by atoms with Crippen LogP contribution >= 0.6 is 0 Å². The topological polar surface area (TPSA) is 110 Å². The molecule has 10 heteroatoms. The Balaban J connectivity index is 1.74. The minimum absolute atomic E-state index is 0.0393. The van der Waals surface area contributed by atoms with Crippen molar-refractivity contribution in [3.63, 3.8) is 0 Å². The van der Waals surface area contributed by atoms with Crippen molar-refractivity contribution >= 4 is 26.6 Å². The Morgan fingerprint density at radius 3 is 2.96 bits per heavy atom. The van der Waals surface area contributed by atoms with Crippen LogP contribution in [0.15, 0.2) is 24.4 Å². The molecule has 0 radical (unpaired) electrons. The Hall–Kier alpha value is -2.04. The predicted molar refractivity (Wildman–Crippen MR) is 89.0 cm³/mol. The van der Waals surface area contributed by atoms with Gasteiger partial charge in [0.25, 0.3) is 5.69 Å². The number of benzene rings is 1. The summed E-state index contributed by atoms with van der Waals surface area (Å²) in [5.74, 6) is 0. The molecule has 130 valence electrons. The molecular formula is C14H19N5O4S. The fourth-order valence-electron chi connectivity index (χ4n) is 3.07. The van der Waals surface area contributed by atoms with Gasteiger partial charge in [-0.05, 0) is 18.9 Å². The molecule has 9 nitrogen and oxygen atoms in total. The SMILES string of the molecule is CS(=O)(=O)NC1CCCN(Cn2ncc3cc([N+](=O)[O-])ccc32)C1. The van der Waals surface area contributed by atoms with E-state index in [0.717, 1.165) is 24.9 Å². The zero-order valence-corrected chi connectivity index (χ0v) is 14.1. The van der Waals surface area contributed by atoms with E-state index < -0.39 is 14.9 Å². The van der Waals surface area contributed by atoms with Gasteiger partial charge in [0.05, 0.1) is 29.6 Å². The molecule has 1 aliphatic rings. The van der Waals surface area contributed by atoms with Crippen LogP contribution in [0.4, 0.5) is 5.69 Å². The van der Waals surface area contributed by atoms with E-state index in [9.17, 15) is 18.5 Å². The Morgan fingerprint density at radius 1 is 1.46 bits per heavy atom. The van der Waals surface area contributed by atoms with Gasteiger partial charge in [0.2, 0.25) is 10.0 Å². The standard InChI is InChI=1S/C14H19N5O4S/c1-24(22,23)16-12-3-2-6-17(9-12)10-18-14-5-4-13(19(20)21)7-11(14)8-15-18/h4-5,7-8,12,16H,2-3,6,9-10H2,1H3. The molecule has 2 heterocycles. The Labute approximate surface area is 139 Å². The van der Waals surface area contributed by atoms with Crippen LogP contribution in [0.25, 0.3) is 10.9 Å². The molecule has 1 atom stereocenters. The zero-order chi connectivity index (χ0) is 17.3. The first-order chi connectivity index (χ1) is 11.3. The van der Waals surface area contributed by atoms with Crippen molar-refractivity contribution in [2.24, 2.45) is 0 Å². The summed E-state index contributed by atoms with van der Waals surface area (Å²) in [5, 5.41) is 15.9. The second-order valence-electron chi connectivity index (χ2n) is 6.09. The van der Waals surface area contributed by atoms with Crippen molar-refractivity contribution in [3.05, 3.63) is 34.5 Å². The summed E-state index contributed by atoms with van der Waals surface area (Å²) in [4.78, 5) is 12.5. The Kier molecular flexibility index (Phi) is 4.52. The molecule has 0 saturated carbocycles. The highest BCUT2D eigenvalue weighted by Gasteiger charge is 2.23. The predicted octanol–water partition coefficient (Wildman–Crippen LogP) is 0.916. The van der Waals surface area contributed by atoms with E-state index in [1.165, 1.54) is 18.4 Å². The van der Waals surface area contributed by atoms with E-state index in [1.807, 2.05) is 0 Å². The highest BCUT2D eigenvalue weighted by molar-refractivity contribution is 7.88. The van der Waals surface area contributed by atoms with Crippen molar-refractivity contribution in [2.75, 3.05) is 19.3 Å². The number of sulfonamides is 1. The fourth-order valence-corrected chi connectivity index (χ4v) is 3.87. The van der Waals surface area contributed by atoms with Crippen LogP contribution in [0.3, 0.4) is 0 Å². The number of aromatic nitrogens is 2. The van der Waals surface area contributed by atoms with E-state index in [2.05, 4.69) is 14.7 Å². The van der Waals surface area contributed by atoms with Crippen LogP contribution in [0.5, 0.6) is 0 Å². The molecule has 0 spiro atoms. The molecule has 1 aliphatic heterocycles. The van der Waals surface area contributed by atoms with Gasteiger partial charge in [0.1, 0.15) is 0 Å². The molecule has 1 saturated heterocycles. The Morgan fingerprint density at radius 2 is 2.25 bits per heavy atom. The van der Waals surface area contributed by atoms with Crippen LogP contribution < -0.4 is 4.72 Å². The number of likely N-dealkylation sites (tertiary alicyclic amines) is 1. The highest BCUT2D eigenvalue weighted by Crippen LogP contribution is 2.21. The second kappa shape index (κ2) is 6.46. The minimum Gasteiger partial charge on any atom is -0.283 e. The summed E-state index contributed by atoms with van der Waals surface area (Å²) in [5.41, 5.74) is 0.858. The molecule has 1 aromatic carbocycles. The van der Waals surface area contributed by atoms with Crippen molar-refractivity contribution in [1.29, 1.82) is 0 Å².